The summed E-state index contributed by atoms with van der Waals surface area (Å²) in [6, 6.07) is 20.4. The lowest BCUT2D eigenvalue weighted by atomic mass is 9.86. The number of rotatable bonds is 6. The van der Waals surface area contributed by atoms with Crippen LogP contribution >= 0.6 is 0 Å². The molecule has 0 saturated carbocycles. The molecule has 146 valence electrons. The second kappa shape index (κ2) is 8.17. The van der Waals surface area contributed by atoms with Gasteiger partial charge in [0.25, 0.3) is 0 Å². The van der Waals surface area contributed by atoms with E-state index in [-0.39, 0.29) is 5.54 Å². The van der Waals surface area contributed by atoms with Crippen molar-refractivity contribution >= 4 is 0 Å². The Labute approximate surface area is 166 Å². The lowest BCUT2D eigenvalue weighted by Gasteiger charge is -2.45. The van der Waals surface area contributed by atoms with Gasteiger partial charge in [-0.3, -0.25) is 10.00 Å². The van der Waals surface area contributed by atoms with Crippen LogP contribution in [0.3, 0.4) is 0 Å². The van der Waals surface area contributed by atoms with Gasteiger partial charge in [-0.2, -0.15) is 5.10 Å². The molecule has 2 heterocycles. The van der Waals surface area contributed by atoms with E-state index in [9.17, 15) is 5.11 Å². The average Bonchev–Trinajstić information content (AvgIpc) is 3.29. The summed E-state index contributed by atoms with van der Waals surface area (Å²) in [5.41, 5.74) is 3.21. The van der Waals surface area contributed by atoms with Crippen LogP contribution in [-0.2, 0) is 12.0 Å². The molecule has 5 nitrogen and oxygen atoms in total. The van der Waals surface area contributed by atoms with E-state index < -0.39 is 0 Å². The zero-order chi connectivity index (χ0) is 19.4. The highest BCUT2D eigenvalue weighted by Gasteiger charge is 2.38. The van der Waals surface area contributed by atoms with Crippen LogP contribution in [0, 0.1) is 0 Å². The summed E-state index contributed by atoms with van der Waals surface area (Å²) in [7, 11) is 0. The molecule has 1 aliphatic rings. The van der Waals surface area contributed by atoms with Gasteiger partial charge in [0.1, 0.15) is 5.75 Å². The van der Waals surface area contributed by atoms with E-state index in [0.29, 0.717) is 5.75 Å². The Kier molecular flexibility index (Phi) is 5.46. The number of nitrogens with one attached hydrogen (secondary N) is 1. The third-order valence-electron chi connectivity index (χ3n) is 6.05. The van der Waals surface area contributed by atoms with Crippen LogP contribution in [0.15, 0.2) is 66.9 Å². The number of phenols is 1. The van der Waals surface area contributed by atoms with Crippen LogP contribution in [0.1, 0.15) is 23.7 Å². The summed E-state index contributed by atoms with van der Waals surface area (Å²) >= 11 is 0. The number of aromatic hydroxyl groups is 1. The number of piperazine rings is 1. The van der Waals surface area contributed by atoms with Crippen LogP contribution in [-0.4, -0.2) is 57.8 Å². The smallest absolute Gasteiger partial charge is 0.118 e. The van der Waals surface area contributed by atoms with Crippen LogP contribution in [0.4, 0.5) is 0 Å². The summed E-state index contributed by atoms with van der Waals surface area (Å²) in [6.07, 6.45) is 2.71. The van der Waals surface area contributed by atoms with E-state index >= 15 is 0 Å². The molecule has 1 saturated heterocycles. The fraction of sp³-hybridized carbons (Fsp3) is 0.348. The first-order valence-corrected chi connectivity index (χ1v) is 9.97. The van der Waals surface area contributed by atoms with E-state index in [1.54, 1.807) is 6.07 Å². The molecule has 3 aromatic rings. The Bertz CT molecular complexity index is 873. The molecule has 1 aliphatic heterocycles. The van der Waals surface area contributed by atoms with Crippen molar-refractivity contribution in [1.82, 2.24) is 20.0 Å². The Hall–Kier alpha value is -2.63. The van der Waals surface area contributed by atoms with Gasteiger partial charge in [-0.05, 0) is 36.6 Å². The Morgan fingerprint density at radius 2 is 1.68 bits per heavy atom. The van der Waals surface area contributed by atoms with E-state index in [1.807, 2.05) is 24.4 Å². The number of hydrogen-bond acceptors (Lipinski definition) is 4. The van der Waals surface area contributed by atoms with Crippen molar-refractivity contribution in [2.24, 2.45) is 0 Å². The summed E-state index contributed by atoms with van der Waals surface area (Å²) in [6.45, 7) is 7.27. The lowest BCUT2D eigenvalue weighted by molar-refractivity contribution is 0.0605. The normalized spacial score (nSPS) is 18.0. The van der Waals surface area contributed by atoms with Crippen molar-refractivity contribution in [1.29, 1.82) is 0 Å². The van der Waals surface area contributed by atoms with Crippen LogP contribution in [0.5, 0.6) is 5.75 Å². The molecule has 28 heavy (non-hydrogen) atoms. The fourth-order valence-corrected chi connectivity index (χ4v) is 4.22. The molecule has 0 aliphatic carbocycles. The molecule has 1 unspecified atom stereocenters. The van der Waals surface area contributed by atoms with Crippen LogP contribution in [0.25, 0.3) is 0 Å². The molecule has 1 fully saturated rings. The minimum absolute atomic E-state index is 0.221. The predicted octanol–water partition coefficient (Wildman–Crippen LogP) is 3.24. The van der Waals surface area contributed by atoms with Gasteiger partial charge in [0.15, 0.2) is 0 Å². The van der Waals surface area contributed by atoms with Gasteiger partial charge in [-0.15, -0.1) is 0 Å². The SMILES string of the molecule is CC(c1ccccc1)(c1ccn[nH]1)N1CCN(CCc2ccccc2O)CC1. The summed E-state index contributed by atoms with van der Waals surface area (Å²) in [4.78, 5) is 5.04. The Balaban J connectivity index is 1.44. The maximum Gasteiger partial charge on any atom is 0.118 e. The number of hydrogen-bond donors (Lipinski definition) is 2. The van der Waals surface area contributed by atoms with Gasteiger partial charge in [-0.1, -0.05) is 48.5 Å². The number of benzene rings is 2. The summed E-state index contributed by atoms with van der Waals surface area (Å²) < 4.78 is 0. The number of phenolic OH excluding ortho intramolecular Hbond substituents is 1. The van der Waals surface area contributed by atoms with Crippen molar-refractivity contribution in [3.63, 3.8) is 0 Å². The van der Waals surface area contributed by atoms with E-state index in [2.05, 4.69) is 63.3 Å². The van der Waals surface area contributed by atoms with Crippen LogP contribution in [0.2, 0.25) is 0 Å². The molecule has 2 N–H and O–H groups in total. The molecule has 5 heteroatoms. The molecular weight excluding hydrogens is 348 g/mol. The molecule has 0 spiro atoms. The molecular formula is C23H28N4O. The maximum atomic E-state index is 9.98. The number of para-hydroxylation sites is 1. The highest BCUT2D eigenvalue weighted by Crippen LogP contribution is 2.35. The van der Waals surface area contributed by atoms with Crippen molar-refractivity contribution < 1.29 is 5.11 Å². The Morgan fingerprint density at radius 1 is 0.964 bits per heavy atom. The zero-order valence-electron chi connectivity index (χ0n) is 16.4. The van der Waals surface area contributed by atoms with Gasteiger partial charge in [0.05, 0.1) is 11.2 Å². The van der Waals surface area contributed by atoms with Crippen LogP contribution < -0.4 is 0 Å². The van der Waals surface area contributed by atoms with Gasteiger partial charge >= 0.3 is 0 Å². The zero-order valence-corrected chi connectivity index (χ0v) is 16.4. The first kappa shape index (κ1) is 18.7. The van der Waals surface area contributed by atoms with Gasteiger partial charge in [-0.25, -0.2) is 0 Å². The number of aromatic nitrogens is 2. The highest BCUT2D eigenvalue weighted by atomic mass is 16.3. The third-order valence-corrected chi connectivity index (χ3v) is 6.05. The standard InChI is InChI=1S/C23H28N4O/c1-23(22-11-13-24-25-22,20-8-3-2-4-9-20)27-17-15-26(16-18-27)14-12-19-7-5-6-10-21(19)28/h2-11,13,28H,12,14-18H2,1H3,(H,24,25). The minimum Gasteiger partial charge on any atom is -0.508 e. The third kappa shape index (κ3) is 3.68. The first-order valence-electron chi connectivity index (χ1n) is 9.97. The first-order chi connectivity index (χ1) is 13.7. The largest absolute Gasteiger partial charge is 0.508 e. The predicted molar refractivity (Wildman–Crippen MR) is 111 cm³/mol. The summed E-state index contributed by atoms with van der Waals surface area (Å²) in [5.74, 6) is 0.400. The van der Waals surface area contributed by atoms with E-state index in [1.165, 1.54) is 5.56 Å². The highest BCUT2D eigenvalue weighted by molar-refractivity contribution is 5.34. The topological polar surface area (TPSA) is 55.4 Å². The minimum atomic E-state index is -0.221. The Morgan fingerprint density at radius 3 is 2.36 bits per heavy atom. The average molecular weight is 377 g/mol. The second-order valence-electron chi connectivity index (χ2n) is 7.62. The maximum absolute atomic E-state index is 9.98. The van der Waals surface area contributed by atoms with E-state index in [0.717, 1.165) is 50.4 Å². The molecule has 1 atom stereocenters. The lowest BCUT2D eigenvalue weighted by Crippen LogP contribution is -2.55. The molecule has 0 amide bonds. The molecule has 4 rings (SSSR count). The van der Waals surface area contributed by atoms with Crippen molar-refractivity contribution in [3.05, 3.63) is 83.7 Å². The second-order valence-corrected chi connectivity index (χ2v) is 7.62. The van der Waals surface area contributed by atoms with Gasteiger partial charge in [0.2, 0.25) is 0 Å². The van der Waals surface area contributed by atoms with Crippen molar-refractivity contribution in [2.75, 3.05) is 32.7 Å². The van der Waals surface area contributed by atoms with Crippen molar-refractivity contribution in [2.45, 2.75) is 18.9 Å². The molecule has 0 bridgehead atoms. The number of H-pyrrole nitrogens is 1. The molecule has 1 aromatic heterocycles. The quantitative estimate of drug-likeness (QED) is 0.693. The summed E-state index contributed by atoms with van der Waals surface area (Å²) in [5, 5.41) is 17.4. The van der Waals surface area contributed by atoms with E-state index in [4.69, 9.17) is 0 Å². The van der Waals surface area contributed by atoms with Gasteiger partial charge < -0.3 is 10.0 Å². The fourth-order valence-electron chi connectivity index (χ4n) is 4.22. The number of nitrogens with zero attached hydrogens (tertiary/aromatic N) is 3. The number of aromatic amines is 1. The van der Waals surface area contributed by atoms with Gasteiger partial charge in [0, 0.05) is 38.9 Å². The monoisotopic (exact) mass is 376 g/mol. The van der Waals surface area contributed by atoms with Crippen molar-refractivity contribution in [3.8, 4) is 5.75 Å². The molecule has 0 radical (unpaired) electrons. The molecule has 2 aromatic carbocycles.